The van der Waals surface area contributed by atoms with Crippen LogP contribution in [0.25, 0.3) is 0 Å². The lowest BCUT2D eigenvalue weighted by Crippen LogP contribution is -2.29. The molecule has 2 heterocycles. The van der Waals surface area contributed by atoms with Gasteiger partial charge < -0.3 is 0 Å². The highest BCUT2D eigenvalue weighted by atomic mass is 79.9. The second-order valence-corrected chi connectivity index (χ2v) is 7.87. The Morgan fingerprint density at radius 1 is 1.21 bits per heavy atom. The lowest BCUT2D eigenvalue weighted by molar-refractivity contribution is -0.117. The van der Waals surface area contributed by atoms with Crippen LogP contribution in [0.15, 0.2) is 42.6 Å². The van der Waals surface area contributed by atoms with Gasteiger partial charge in [-0.15, -0.1) is 0 Å². The van der Waals surface area contributed by atoms with Crippen LogP contribution in [-0.4, -0.2) is 10.9 Å². The highest BCUT2D eigenvalue weighted by Gasteiger charge is 2.49. The third kappa shape index (κ3) is 1.92. The number of nitrogens with zero attached hydrogens (tertiary/aromatic N) is 2. The van der Waals surface area contributed by atoms with Crippen molar-refractivity contribution in [2.45, 2.75) is 10.2 Å². The van der Waals surface area contributed by atoms with Gasteiger partial charge in [-0.25, -0.2) is 0 Å². The summed E-state index contributed by atoms with van der Waals surface area (Å²) in [6.45, 7) is 1.96. The van der Waals surface area contributed by atoms with Gasteiger partial charge in [0.05, 0.1) is 5.69 Å². The number of para-hydroxylation sites is 1. The van der Waals surface area contributed by atoms with E-state index in [-0.39, 0.29) is 5.91 Å². The second kappa shape index (κ2) is 4.42. The van der Waals surface area contributed by atoms with E-state index in [9.17, 15) is 4.79 Å². The van der Waals surface area contributed by atoms with Gasteiger partial charge in [-0.3, -0.25) is 14.7 Å². The van der Waals surface area contributed by atoms with Gasteiger partial charge >= 0.3 is 0 Å². The molecule has 3 rings (SSSR count). The number of carbonyl (C=O) groups excluding carboxylic acids is 1. The molecule has 5 heteroatoms. The molecular formula is C14H10Br2N2O. The van der Waals surface area contributed by atoms with Crippen molar-refractivity contribution >= 4 is 49.1 Å². The fourth-order valence-electron chi connectivity index (χ4n) is 2.15. The van der Waals surface area contributed by atoms with Crippen LogP contribution in [0.4, 0.5) is 11.4 Å². The first-order valence-electron chi connectivity index (χ1n) is 5.76. The molecule has 96 valence electrons. The van der Waals surface area contributed by atoms with E-state index in [0.29, 0.717) is 5.69 Å². The number of amides is 1. The zero-order valence-electron chi connectivity index (χ0n) is 10.1. The molecule has 1 aliphatic rings. The summed E-state index contributed by atoms with van der Waals surface area (Å²) in [6.07, 6.45) is 1.76. The van der Waals surface area contributed by atoms with Crippen molar-refractivity contribution in [1.29, 1.82) is 0 Å². The molecule has 0 N–H and O–H groups in total. The summed E-state index contributed by atoms with van der Waals surface area (Å²) in [7, 11) is 0. The van der Waals surface area contributed by atoms with Crippen LogP contribution in [0.1, 0.15) is 11.3 Å². The Balaban J connectivity index is 2.23. The average molecular weight is 382 g/mol. The van der Waals surface area contributed by atoms with E-state index in [4.69, 9.17) is 0 Å². The van der Waals surface area contributed by atoms with E-state index < -0.39 is 3.23 Å². The summed E-state index contributed by atoms with van der Waals surface area (Å²) in [5, 5.41) is 0. The predicted molar refractivity (Wildman–Crippen MR) is 82.1 cm³/mol. The zero-order valence-corrected chi connectivity index (χ0v) is 13.3. The minimum atomic E-state index is -0.946. The van der Waals surface area contributed by atoms with Gasteiger partial charge in [0.2, 0.25) is 3.23 Å². The number of hydrogen-bond donors (Lipinski definition) is 0. The number of carbonyl (C=O) groups is 1. The molecule has 1 aromatic heterocycles. The molecule has 2 aromatic rings. The van der Waals surface area contributed by atoms with E-state index in [1.807, 2.05) is 43.3 Å². The number of rotatable bonds is 1. The van der Waals surface area contributed by atoms with E-state index in [0.717, 1.165) is 16.9 Å². The van der Waals surface area contributed by atoms with E-state index in [2.05, 4.69) is 36.8 Å². The summed E-state index contributed by atoms with van der Waals surface area (Å²) in [4.78, 5) is 18.6. The van der Waals surface area contributed by atoms with E-state index in [1.54, 1.807) is 11.1 Å². The van der Waals surface area contributed by atoms with Crippen molar-refractivity contribution in [2.24, 2.45) is 0 Å². The molecule has 3 nitrogen and oxygen atoms in total. The predicted octanol–water partition coefficient (Wildman–Crippen LogP) is 4.01. The Hall–Kier alpha value is -1.20. The zero-order chi connectivity index (χ0) is 13.6. The monoisotopic (exact) mass is 380 g/mol. The standard InChI is InChI=1S/C14H10Br2N2O/c1-9-7-11-12(17-8-9)14(15,16)13(19)18(11)10-5-3-2-4-6-10/h2-8H,1H3. The topological polar surface area (TPSA) is 33.2 Å². The van der Waals surface area contributed by atoms with Crippen molar-refractivity contribution in [2.75, 3.05) is 4.90 Å². The van der Waals surface area contributed by atoms with E-state index >= 15 is 0 Å². The molecule has 0 spiro atoms. The van der Waals surface area contributed by atoms with Crippen molar-refractivity contribution < 1.29 is 4.79 Å². The largest absolute Gasteiger partial charge is 0.277 e. The van der Waals surface area contributed by atoms with Crippen molar-refractivity contribution in [3.63, 3.8) is 0 Å². The Morgan fingerprint density at radius 2 is 1.89 bits per heavy atom. The number of benzene rings is 1. The van der Waals surface area contributed by atoms with Gasteiger partial charge in [0, 0.05) is 11.9 Å². The van der Waals surface area contributed by atoms with E-state index in [1.165, 1.54) is 0 Å². The van der Waals surface area contributed by atoms with Crippen LogP contribution < -0.4 is 4.90 Å². The van der Waals surface area contributed by atoms with Gasteiger partial charge in [0.15, 0.2) is 0 Å². The maximum atomic E-state index is 12.6. The first kappa shape index (κ1) is 12.8. The second-order valence-electron chi connectivity index (χ2n) is 4.43. The third-order valence-corrected chi connectivity index (χ3v) is 4.46. The molecule has 1 aliphatic heterocycles. The average Bonchev–Trinajstić information content (AvgIpc) is 2.58. The van der Waals surface area contributed by atoms with Crippen molar-refractivity contribution in [3.8, 4) is 0 Å². The van der Waals surface area contributed by atoms with Crippen molar-refractivity contribution in [3.05, 3.63) is 53.9 Å². The highest BCUT2D eigenvalue weighted by Crippen LogP contribution is 2.51. The number of aromatic nitrogens is 1. The summed E-state index contributed by atoms with van der Waals surface area (Å²) >= 11 is 6.86. The summed E-state index contributed by atoms with van der Waals surface area (Å²) in [5.74, 6) is -0.0909. The number of alkyl halides is 2. The Kier molecular flexibility index (Phi) is 2.98. The fraction of sp³-hybridized carbons (Fsp3) is 0.143. The van der Waals surface area contributed by atoms with Gasteiger partial charge in [-0.1, -0.05) is 50.1 Å². The number of fused-ring (bicyclic) bond motifs is 1. The van der Waals surface area contributed by atoms with Gasteiger partial charge in [-0.05, 0) is 30.7 Å². The number of pyridine rings is 1. The Bertz CT molecular complexity index is 656. The minimum Gasteiger partial charge on any atom is -0.277 e. The quantitative estimate of drug-likeness (QED) is 0.699. The molecule has 1 aromatic carbocycles. The van der Waals surface area contributed by atoms with Crippen LogP contribution in [0.2, 0.25) is 0 Å². The molecule has 0 radical (unpaired) electrons. The number of hydrogen-bond acceptors (Lipinski definition) is 2. The molecule has 0 fully saturated rings. The molecule has 19 heavy (non-hydrogen) atoms. The lowest BCUT2D eigenvalue weighted by Gasteiger charge is -2.18. The Labute approximate surface area is 127 Å². The maximum Gasteiger partial charge on any atom is 0.265 e. The van der Waals surface area contributed by atoms with Crippen LogP contribution in [0.5, 0.6) is 0 Å². The molecular weight excluding hydrogens is 372 g/mol. The molecule has 0 atom stereocenters. The SMILES string of the molecule is Cc1cnc2c(c1)N(c1ccccc1)C(=O)C2(Br)Br. The van der Waals surface area contributed by atoms with Crippen LogP contribution in [0, 0.1) is 6.92 Å². The highest BCUT2D eigenvalue weighted by molar-refractivity contribution is 9.25. The molecule has 0 bridgehead atoms. The van der Waals surface area contributed by atoms with Crippen LogP contribution in [-0.2, 0) is 8.03 Å². The number of halogens is 2. The third-order valence-electron chi connectivity index (χ3n) is 3.03. The Morgan fingerprint density at radius 3 is 2.58 bits per heavy atom. The first-order chi connectivity index (χ1) is 9.01. The van der Waals surface area contributed by atoms with Gasteiger partial charge in [0.1, 0.15) is 5.69 Å². The summed E-state index contributed by atoms with van der Waals surface area (Å²) in [6, 6.07) is 11.5. The van der Waals surface area contributed by atoms with Crippen LogP contribution >= 0.6 is 31.9 Å². The van der Waals surface area contributed by atoms with Crippen LogP contribution in [0.3, 0.4) is 0 Å². The fourth-order valence-corrected chi connectivity index (χ4v) is 3.12. The molecule has 0 aliphatic carbocycles. The smallest absolute Gasteiger partial charge is 0.265 e. The lowest BCUT2D eigenvalue weighted by atomic mass is 10.2. The molecule has 0 saturated heterocycles. The molecule has 1 amide bonds. The minimum absolute atomic E-state index is 0.0909. The van der Waals surface area contributed by atoms with Gasteiger partial charge in [-0.2, -0.15) is 0 Å². The molecule has 0 saturated carbocycles. The maximum absolute atomic E-state index is 12.6. The number of anilines is 2. The molecule has 0 unspecified atom stereocenters. The number of aryl methyl sites for hydroxylation is 1. The van der Waals surface area contributed by atoms with Crippen molar-refractivity contribution in [1.82, 2.24) is 4.98 Å². The summed E-state index contributed by atoms with van der Waals surface area (Å²) in [5.41, 5.74) is 3.35. The normalized spacial score (nSPS) is 16.6. The van der Waals surface area contributed by atoms with Gasteiger partial charge in [0.25, 0.3) is 5.91 Å². The summed E-state index contributed by atoms with van der Waals surface area (Å²) < 4.78 is -0.946. The first-order valence-corrected chi connectivity index (χ1v) is 7.35.